The summed E-state index contributed by atoms with van der Waals surface area (Å²) in [7, 11) is 0. The second kappa shape index (κ2) is 7.66. The van der Waals surface area contributed by atoms with E-state index in [1.807, 2.05) is 0 Å². The summed E-state index contributed by atoms with van der Waals surface area (Å²) in [6.45, 7) is 6.45. The molecule has 0 aromatic rings. The lowest BCUT2D eigenvalue weighted by Gasteiger charge is -2.22. The van der Waals surface area contributed by atoms with Crippen LogP contribution in [-0.4, -0.2) is 31.1 Å². The molecule has 0 aromatic heterocycles. The van der Waals surface area contributed by atoms with E-state index >= 15 is 0 Å². The quantitative estimate of drug-likeness (QED) is 0.588. The first-order valence-electron chi connectivity index (χ1n) is 5.75. The van der Waals surface area contributed by atoms with E-state index in [2.05, 4.69) is 28.2 Å². The first kappa shape index (κ1) is 12.5. The summed E-state index contributed by atoms with van der Waals surface area (Å²) < 4.78 is 5.33. The molecule has 0 spiro atoms. The molecule has 1 aliphatic heterocycles. The Bertz CT molecular complexity index is 137. The van der Waals surface area contributed by atoms with Gasteiger partial charge in [0.1, 0.15) is 0 Å². The van der Waals surface area contributed by atoms with Crippen molar-refractivity contribution in [2.75, 3.05) is 26.3 Å². The van der Waals surface area contributed by atoms with Crippen LogP contribution in [0.25, 0.3) is 0 Å². The minimum atomic E-state index is 0.685. The molecule has 3 heteroatoms. The van der Waals surface area contributed by atoms with Gasteiger partial charge in [0, 0.05) is 18.0 Å². The van der Waals surface area contributed by atoms with Crippen molar-refractivity contribution in [1.29, 1.82) is 0 Å². The van der Waals surface area contributed by atoms with Crippen LogP contribution in [0.1, 0.15) is 32.6 Å². The molecule has 84 valence electrons. The van der Waals surface area contributed by atoms with Crippen molar-refractivity contribution in [3.05, 3.63) is 0 Å². The summed E-state index contributed by atoms with van der Waals surface area (Å²) in [5.41, 5.74) is 0. The lowest BCUT2D eigenvalue weighted by molar-refractivity contribution is 0.0663. The zero-order chi connectivity index (χ0) is 10.2. The molecule has 0 bridgehead atoms. The van der Waals surface area contributed by atoms with Crippen molar-refractivity contribution >= 4 is 15.9 Å². The van der Waals surface area contributed by atoms with Crippen LogP contribution in [0.3, 0.4) is 0 Å². The van der Waals surface area contributed by atoms with Gasteiger partial charge in [0.15, 0.2) is 0 Å². The number of halogens is 1. The standard InChI is InChI=1S/C11H22BrNO/c1-2-11(12)3-6-13-9-10-4-7-14-8-5-10/h10-11,13H,2-9H2,1H3. The maximum Gasteiger partial charge on any atom is 0.0469 e. The van der Waals surface area contributed by atoms with Gasteiger partial charge in [-0.05, 0) is 44.7 Å². The van der Waals surface area contributed by atoms with Gasteiger partial charge in [-0.3, -0.25) is 0 Å². The second-order valence-electron chi connectivity index (χ2n) is 4.05. The number of nitrogens with one attached hydrogen (secondary N) is 1. The molecule has 1 unspecified atom stereocenters. The third kappa shape index (κ3) is 5.32. The summed E-state index contributed by atoms with van der Waals surface area (Å²) >= 11 is 3.64. The Hall–Kier alpha value is 0.400. The van der Waals surface area contributed by atoms with Crippen molar-refractivity contribution in [1.82, 2.24) is 5.32 Å². The molecular weight excluding hydrogens is 242 g/mol. The van der Waals surface area contributed by atoms with Gasteiger partial charge < -0.3 is 10.1 Å². The van der Waals surface area contributed by atoms with E-state index in [1.54, 1.807) is 0 Å². The molecule has 2 nitrogen and oxygen atoms in total. The Balaban J connectivity index is 1.92. The van der Waals surface area contributed by atoms with Gasteiger partial charge in [0.25, 0.3) is 0 Å². The molecule has 0 aromatic carbocycles. The molecule has 1 heterocycles. The third-order valence-electron chi connectivity index (χ3n) is 2.85. The normalized spacial score (nSPS) is 21.0. The molecule has 1 saturated heterocycles. The van der Waals surface area contributed by atoms with E-state index in [0.717, 1.165) is 25.7 Å². The van der Waals surface area contributed by atoms with Crippen LogP contribution in [-0.2, 0) is 4.74 Å². The Kier molecular flexibility index (Phi) is 6.82. The van der Waals surface area contributed by atoms with Crippen LogP contribution in [0.2, 0.25) is 0 Å². The van der Waals surface area contributed by atoms with Crippen LogP contribution in [0.15, 0.2) is 0 Å². The average Bonchev–Trinajstić information content (AvgIpc) is 2.25. The Labute approximate surface area is 95.9 Å². The zero-order valence-corrected chi connectivity index (χ0v) is 10.7. The van der Waals surface area contributed by atoms with Crippen molar-refractivity contribution in [2.45, 2.75) is 37.4 Å². The minimum absolute atomic E-state index is 0.685. The van der Waals surface area contributed by atoms with Gasteiger partial charge in [-0.15, -0.1) is 0 Å². The van der Waals surface area contributed by atoms with Crippen LogP contribution in [0.5, 0.6) is 0 Å². The number of hydrogen-bond acceptors (Lipinski definition) is 2. The van der Waals surface area contributed by atoms with E-state index in [0.29, 0.717) is 4.83 Å². The van der Waals surface area contributed by atoms with Gasteiger partial charge in [-0.2, -0.15) is 0 Å². The topological polar surface area (TPSA) is 21.3 Å². The maximum absolute atomic E-state index is 5.33. The fourth-order valence-electron chi connectivity index (χ4n) is 1.72. The van der Waals surface area contributed by atoms with Crippen molar-refractivity contribution < 1.29 is 4.74 Å². The van der Waals surface area contributed by atoms with Crippen LogP contribution in [0, 0.1) is 5.92 Å². The molecule has 1 fully saturated rings. The molecule has 1 rings (SSSR count). The first-order valence-corrected chi connectivity index (χ1v) is 6.67. The van der Waals surface area contributed by atoms with Crippen molar-refractivity contribution in [3.63, 3.8) is 0 Å². The largest absolute Gasteiger partial charge is 0.381 e. The molecule has 0 aliphatic carbocycles. The number of rotatable bonds is 6. The van der Waals surface area contributed by atoms with Crippen molar-refractivity contribution in [3.8, 4) is 0 Å². The van der Waals surface area contributed by atoms with Crippen LogP contribution < -0.4 is 5.32 Å². The third-order valence-corrected chi connectivity index (χ3v) is 3.96. The maximum atomic E-state index is 5.33. The van der Waals surface area contributed by atoms with E-state index in [4.69, 9.17) is 4.74 Å². The first-order chi connectivity index (χ1) is 6.83. The lowest BCUT2D eigenvalue weighted by Crippen LogP contribution is -2.29. The molecule has 0 saturated carbocycles. The van der Waals surface area contributed by atoms with E-state index in [1.165, 1.54) is 32.2 Å². The summed E-state index contributed by atoms with van der Waals surface area (Å²) in [5.74, 6) is 0.846. The number of alkyl halides is 1. The van der Waals surface area contributed by atoms with Gasteiger partial charge in [0.2, 0.25) is 0 Å². The smallest absolute Gasteiger partial charge is 0.0469 e. The number of ether oxygens (including phenoxy) is 1. The highest BCUT2D eigenvalue weighted by Gasteiger charge is 2.12. The van der Waals surface area contributed by atoms with E-state index in [-0.39, 0.29) is 0 Å². The Morgan fingerprint density at radius 2 is 2.14 bits per heavy atom. The zero-order valence-electron chi connectivity index (χ0n) is 9.10. The van der Waals surface area contributed by atoms with Gasteiger partial charge in [-0.1, -0.05) is 22.9 Å². The van der Waals surface area contributed by atoms with Crippen LogP contribution in [0.4, 0.5) is 0 Å². The summed E-state index contributed by atoms with van der Waals surface area (Å²) in [6, 6.07) is 0. The van der Waals surface area contributed by atoms with Crippen molar-refractivity contribution in [2.24, 2.45) is 5.92 Å². The molecule has 0 radical (unpaired) electrons. The predicted molar refractivity (Wildman–Crippen MR) is 64.0 cm³/mol. The highest BCUT2D eigenvalue weighted by atomic mass is 79.9. The van der Waals surface area contributed by atoms with E-state index in [9.17, 15) is 0 Å². The SMILES string of the molecule is CCC(Br)CCNCC1CCOCC1. The molecular formula is C11H22BrNO. The fraction of sp³-hybridized carbons (Fsp3) is 1.00. The molecule has 0 amide bonds. The summed E-state index contributed by atoms with van der Waals surface area (Å²) in [4.78, 5) is 0.685. The fourth-order valence-corrected chi connectivity index (χ4v) is 1.95. The predicted octanol–water partition coefficient (Wildman–Crippen LogP) is 2.57. The summed E-state index contributed by atoms with van der Waals surface area (Å²) in [6.07, 6.45) is 4.93. The Morgan fingerprint density at radius 3 is 2.79 bits per heavy atom. The summed E-state index contributed by atoms with van der Waals surface area (Å²) in [5, 5.41) is 3.53. The molecule has 1 aliphatic rings. The highest BCUT2D eigenvalue weighted by Crippen LogP contribution is 2.13. The minimum Gasteiger partial charge on any atom is -0.381 e. The highest BCUT2D eigenvalue weighted by molar-refractivity contribution is 9.09. The average molecular weight is 264 g/mol. The lowest BCUT2D eigenvalue weighted by atomic mass is 10.0. The second-order valence-corrected chi connectivity index (χ2v) is 5.35. The van der Waals surface area contributed by atoms with Gasteiger partial charge in [0.05, 0.1) is 0 Å². The van der Waals surface area contributed by atoms with Gasteiger partial charge in [-0.25, -0.2) is 0 Å². The molecule has 14 heavy (non-hydrogen) atoms. The van der Waals surface area contributed by atoms with E-state index < -0.39 is 0 Å². The van der Waals surface area contributed by atoms with Crippen LogP contribution >= 0.6 is 15.9 Å². The number of hydrogen-bond donors (Lipinski definition) is 1. The Morgan fingerprint density at radius 1 is 1.43 bits per heavy atom. The monoisotopic (exact) mass is 263 g/mol. The molecule has 1 atom stereocenters. The van der Waals surface area contributed by atoms with Gasteiger partial charge >= 0.3 is 0 Å². The molecule has 1 N–H and O–H groups in total.